The van der Waals surface area contributed by atoms with E-state index in [1.54, 1.807) is 43.0 Å². The molecule has 0 spiro atoms. The molecular formula is C54H56N5O4S2+. The highest BCUT2D eigenvalue weighted by molar-refractivity contribution is 8.03. The van der Waals surface area contributed by atoms with Crippen LogP contribution in [0.25, 0.3) is 39.1 Å². The maximum atomic E-state index is 11.9. The minimum absolute atomic E-state index is 0.167. The molecule has 0 atom stereocenters. The summed E-state index contributed by atoms with van der Waals surface area (Å²) in [5.74, 6) is 0.431. The Morgan fingerprint density at radius 2 is 1.66 bits per heavy atom. The highest BCUT2D eigenvalue weighted by atomic mass is 32.2. The second-order valence-corrected chi connectivity index (χ2v) is 18.1. The fourth-order valence-electron chi connectivity index (χ4n) is 7.67. The quantitative estimate of drug-likeness (QED) is 0.0118. The fraction of sp³-hybridized carbons (Fsp3) is 0.222. The molecule has 3 heterocycles. The number of aryl methyl sites for hydroxylation is 2. The van der Waals surface area contributed by atoms with Crippen LogP contribution in [0.15, 0.2) is 161 Å². The molecule has 1 aliphatic rings. The number of hydrogen-bond donors (Lipinski definition) is 2. The first-order valence-electron chi connectivity index (χ1n) is 21.7. The first-order chi connectivity index (χ1) is 31.3. The van der Waals surface area contributed by atoms with Gasteiger partial charge >= 0.3 is 0 Å². The van der Waals surface area contributed by atoms with Crippen LogP contribution in [-0.4, -0.2) is 45.0 Å². The normalized spacial score (nSPS) is 14.4. The Labute approximate surface area is 390 Å². The average molecular weight is 903 g/mol. The van der Waals surface area contributed by atoms with Crippen LogP contribution in [0.2, 0.25) is 0 Å². The number of allylic oxidation sites excluding steroid dienone is 5. The van der Waals surface area contributed by atoms with Crippen molar-refractivity contribution in [1.29, 1.82) is 5.41 Å². The summed E-state index contributed by atoms with van der Waals surface area (Å²) in [4.78, 5) is 37.5. The van der Waals surface area contributed by atoms with E-state index in [0.717, 1.165) is 89.0 Å². The van der Waals surface area contributed by atoms with Gasteiger partial charge in [0.2, 0.25) is 0 Å². The smallest absolute Gasteiger partial charge is 0.263 e. The van der Waals surface area contributed by atoms with E-state index in [1.807, 2.05) is 60.9 Å². The Morgan fingerprint density at radius 1 is 0.969 bits per heavy atom. The van der Waals surface area contributed by atoms with Crippen LogP contribution in [-0.2, 0) is 21.0 Å². The lowest BCUT2D eigenvalue weighted by atomic mass is 9.98. The molecule has 6 rings (SSSR count). The topological polar surface area (TPSA) is 119 Å². The van der Waals surface area contributed by atoms with Crippen molar-refractivity contribution in [3.63, 3.8) is 0 Å². The molecular weight excluding hydrogens is 847 g/mol. The van der Waals surface area contributed by atoms with Crippen molar-refractivity contribution < 1.29 is 24.2 Å². The SMILES string of the molecule is C=C/C(C(=C)/C=C(SCC)/C(C(/C)=N/O)=C(/N=C(C(C)=N)c1cc(C)c(-c2cccc3ccccc23)s1)c1cc[n+](CCCCCC(=C)ON2C(=O)CCC2=O)cc1)=c1/ccccc1=C. The molecule has 332 valence electrons. The number of nitrogens with zero attached hydrogens (tertiary/aromatic N) is 4. The summed E-state index contributed by atoms with van der Waals surface area (Å²) in [7, 11) is 0. The van der Waals surface area contributed by atoms with E-state index in [-0.39, 0.29) is 30.4 Å². The number of hydroxylamine groups is 2. The summed E-state index contributed by atoms with van der Waals surface area (Å²) >= 11 is 3.19. The van der Waals surface area contributed by atoms with Crippen LogP contribution in [0, 0.1) is 12.3 Å². The maximum Gasteiger partial charge on any atom is 0.263 e. The van der Waals surface area contributed by atoms with Crippen molar-refractivity contribution in [3.05, 3.63) is 177 Å². The summed E-state index contributed by atoms with van der Waals surface area (Å²) in [6.07, 6.45) is 11.2. The van der Waals surface area contributed by atoms with E-state index in [1.165, 1.54) is 0 Å². The molecule has 2 N–H and O–H groups in total. The van der Waals surface area contributed by atoms with Crippen molar-refractivity contribution in [2.24, 2.45) is 10.1 Å². The van der Waals surface area contributed by atoms with Crippen LogP contribution in [0.3, 0.4) is 0 Å². The van der Waals surface area contributed by atoms with E-state index in [2.05, 4.69) is 92.4 Å². The second kappa shape index (κ2) is 22.3. The number of fused-ring (bicyclic) bond motifs is 1. The third kappa shape index (κ3) is 11.5. The highest BCUT2D eigenvalue weighted by Gasteiger charge is 2.31. The number of amides is 2. The van der Waals surface area contributed by atoms with Crippen LogP contribution in [0.5, 0.6) is 0 Å². The van der Waals surface area contributed by atoms with Crippen molar-refractivity contribution in [2.45, 2.75) is 72.8 Å². The number of unbranched alkanes of at least 4 members (excludes halogenated alkanes) is 2. The van der Waals surface area contributed by atoms with Gasteiger partial charge in [-0.3, -0.25) is 9.59 Å². The number of aliphatic imine (C=N–C) groups is 1. The maximum absolute atomic E-state index is 11.9. The zero-order valence-electron chi connectivity index (χ0n) is 37.7. The number of thiophene rings is 1. The molecule has 9 nitrogen and oxygen atoms in total. The van der Waals surface area contributed by atoms with E-state index < -0.39 is 0 Å². The Kier molecular flexibility index (Phi) is 16.4. The number of carbonyl (C=O) groups excluding carboxylic acids is 2. The monoisotopic (exact) mass is 902 g/mol. The molecule has 5 aromatic rings. The molecule has 0 bridgehead atoms. The first kappa shape index (κ1) is 47.8. The number of nitrogens with one attached hydrogen (secondary N) is 1. The molecule has 1 saturated heterocycles. The molecule has 0 aliphatic carbocycles. The summed E-state index contributed by atoms with van der Waals surface area (Å²) < 4.78 is 2.10. The van der Waals surface area contributed by atoms with Crippen molar-refractivity contribution in [1.82, 2.24) is 5.06 Å². The van der Waals surface area contributed by atoms with Gasteiger partial charge in [0.05, 0.1) is 22.0 Å². The average Bonchev–Trinajstić information content (AvgIpc) is 3.84. The molecule has 65 heavy (non-hydrogen) atoms. The van der Waals surface area contributed by atoms with Crippen LogP contribution < -0.4 is 15.0 Å². The summed E-state index contributed by atoms with van der Waals surface area (Å²) in [6, 6.07) is 28.7. The lowest BCUT2D eigenvalue weighted by Crippen LogP contribution is -2.32. The Balaban J connectivity index is 1.42. The number of rotatable bonds is 20. The molecule has 0 saturated carbocycles. The minimum atomic E-state index is -0.333. The Hall–Kier alpha value is -6.69. The summed E-state index contributed by atoms with van der Waals surface area (Å²) in [5, 5.41) is 28.4. The largest absolute Gasteiger partial charge is 0.411 e. The fourth-order valence-corrected chi connectivity index (χ4v) is 9.86. The number of benzene rings is 3. The van der Waals surface area contributed by atoms with Gasteiger partial charge in [0, 0.05) is 58.7 Å². The summed E-state index contributed by atoms with van der Waals surface area (Å²) in [5.41, 5.74) is 6.80. The van der Waals surface area contributed by atoms with Crippen molar-refractivity contribution >= 4 is 80.7 Å². The number of pyridine rings is 1. The van der Waals surface area contributed by atoms with Gasteiger partial charge in [-0.15, -0.1) is 28.2 Å². The molecule has 0 radical (unpaired) electrons. The van der Waals surface area contributed by atoms with Gasteiger partial charge in [0.15, 0.2) is 12.4 Å². The third-order valence-electron chi connectivity index (χ3n) is 11.0. The predicted octanol–water partition coefficient (Wildman–Crippen LogP) is 11.0. The Bertz CT molecular complexity index is 2900. The highest BCUT2D eigenvalue weighted by Crippen LogP contribution is 2.39. The predicted molar refractivity (Wildman–Crippen MR) is 270 cm³/mol. The van der Waals surface area contributed by atoms with Gasteiger partial charge in [-0.25, -0.2) is 9.56 Å². The molecule has 2 amide bonds. The van der Waals surface area contributed by atoms with Crippen molar-refractivity contribution in [3.8, 4) is 10.4 Å². The molecule has 2 aromatic heterocycles. The number of aromatic nitrogens is 1. The van der Waals surface area contributed by atoms with Crippen LogP contribution in [0.1, 0.15) is 75.3 Å². The van der Waals surface area contributed by atoms with E-state index in [9.17, 15) is 14.8 Å². The first-order valence-corrected chi connectivity index (χ1v) is 23.5. The lowest BCUT2D eigenvalue weighted by Gasteiger charge is -2.17. The zero-order valence-corrected chi connectivity index (χ0v) is 39.3. The number of carbonyl (C=O) groups is 2. The number of hydrogen-bond acceptors (Lipinski definition) is 9. The van der Waals surface area contributed by atoms with Crippen LogP contribution in [0.4, 0.5) is 0 Å². The standard InChI is InChI=1S/C54H55N5O4S2/c1-9-43(44-23-15-13-19-35(44)3)36(4)33-47(64-10-2)51(40(8)57-62)53(42-28-31-58(32-29-42)30-17-11-12-20-38(6)63-59-49(60)26-27-50(59)61)56-52(39(7)55)48-34-37(5)54(65-48)46-25-18-22-41-21-14-16-24-45(41)46/h9,13-16,18-19,21-25,28-29,31-34,55H,1,3-4,6,10-12,17,20,26-27,30H2,2,5,7-8H3/p+1/b44-43+,47-33-,55-39?,56-52?. The molecule has 1 aliphatic heterocycles. The van der Waals surface area contributed by atoms with E-state index in [4.69, 9.17) is 15.2 Å². The minimum Gasteiger partial charge on any atom is -0.411 e. The zero-order chi connectivity index (χ0) is 46.6. The molecule has 11 heteroatoms. The molecule has 0 unspecified atom stereocenters. The van der Waals surface area contributed by atoms with E-state index in [0.29, 0.717) is 46.2 Å². The lowest BCUT2D eigenvalue weighted by molar-refractivity contribution is -0.697. The van der Waals surface area contributed by atoms with Gasteiger partial charge in [0.1, 0.15) is 18.0 Å². The third-order valence-corrected chi connectivity index (χ3v) is 13.2. The second-order valence-electron chi connectivity index (χ2n) is 15.7. The molecule has 1 fully saturated rings. The van der Waals surface area contributed by atoms with Gasteiger partial charge in [-0.2, -0.15) is 0 Å². The number of thioether (sulfide) groups is 1. The van der Waals surface area contributed by atoms with Crippen molar-refractivity contribution in [2.75, 3.05) is 5.75 Å². The molecule has 3 aromatic carbocycles. The van der Waals surface area contributed by atoms with Gasteiger partial charge in [-0.05, 0) is 95.0 Å². The van der Waals surface area contributed by atoms with Gasteiger partial charge in [0.25, 0.3) is 11.8 Å². The van der Waals surface area contributed by atoms with E-state index >= 15 is 0 Å². The van der Waals surface area contributed by atoms with Gasteiger partial charge < -0.3 is 15.5 Å². The summed E-state index contributed by atoms with van der Waals surface area (Å²) in [6.45, 7) is 25.2. The number of oxime groups is 1. The Morgan fingerprint density at radius 3 is 2.34 bits per heavy atom. The van der Waals surface area contributed by atoms with Gasteiger partial charge in [-0.1, -0.05) is 111 Å². The van der Waals surface area contributed by atoms with Crippen LogP contribution >= 0.6 is 23.1 Å². The number of imide groups is 1.